The predicted octanol–water partition coefficient (Wildman–Crippen LogP) is 5.73. The molecule has 1 aromatic heterocycles. The molecule has 3 rings (SSSR count). The summed E-state index contributed by atoms with van der Waals surface area (Å²) >= 11 is 2.76. The molecule has 8 heteroatoms. The van der Waals surface area contributed by atoms with Crippen molar-refractivity contribution in [2.24, 2.45) is 0 Å². The fourth-order valence-electron chi connectivity index (χ4n) is 2.76. The molecule has 2 aromatic carbocycles. The second-order valence-corrected chi connectivity index (χ2v) is 9.10. The summed E-state index contributed by atoms with van der Waals surface area (Å²) in [5, 5.41) is 14.8. The van der Waals surface area contributed by atoms with E-state index < -0.39 is 0 Å². The maximum absolute atomic E-state index is 12.5. The number of amides is 1. The molecule has 0 bridgehead atoms. The van der Waals surface area contributed by atoms with Crippen molar-refractivity contribution in [2.75, 3.05) is 16.4 Å². The number of nitrogens with zero attached hydrogens (tertiary/aromatic N) is 2. The molecule has 30 heavy (non-hydrogen) atoms. The van der Waals surface area contributed by atoms with E-state index in [9.17, 15) is 9.59 Å². The predicted molar refractivity (Wildman–Crippen MR) is 124 cm³/mol. The molecule has 3 aromatic rings. The van der Waals surface area contributed by atoms with Crippen LogP contribution in [0.1, 0.15) is 49.0 Å². The average Bonchev–Trinajstić information content (AvgIpc) is 3.18. The van der Waals surface area contributed by atoms with E-state index in [0.717, 1.165) is 16.4 Å². The maximum Gasteiger partial charge on any atom is 0.221 e. The monoisotopic (exact) mass is 440 g/mol. The molecule has 1 unspecified atom stereocenters. The highest BCUT2D eigenvalue weighted by molar-refractivity contribution is 8.01. The molecule has 0 spiro atoms. The summed E-state index contributed by atoms with van der Waals surface area (Å²) in [4.78, 5) is 23.7. The van der Waals surface area contributed by atoms with Gasteiger partial charge < -0.3 is 10.6 Å². The van der Waals surface area contributed by atoms with Crippen LogP contribution >= 0.6 is 23.1 Å². The van der Waals surface area contributed by atoms with Gasteiger partial charge in [-0.1, -0.05) is 67.3 Å². The number of carbonyl (C=O) groups excluding carboxylic acids is 2. The van der Waals surface area contributed by atoms with Gasteiger partial charge in [-0.05, 0) is 36.1 Å². The lowest BCUT2D eigenvalue weighted by molar-refractivity contribution is -0.114. The number of hydrogen-bond donors (Lipinski definition) is 2. The van der Waals surface area contributed by atoms with Gasteiger partial charge in [0.1, 0.15) is 0 Å². The minimum atomic E-state index is -0.124. The molecule has 0 aliphatic rings. The lowest BCUT2D eigenvalue weighted by Crippen LogP contribution is -2.05. The number of aromatic nitrogens is 2. The molecule has 0 saturated heterocycles. The van der Waals surface area contributed by atoms with E-state index in [4.69, 9.17) is 0 Å². The normalized spacial score (nSPS) is 11.7. The van der Waals surface area contributed by atoms with Gasteiger partial charge >= 0.3 is 0 Å². The quantitative estimate of drug-likeness (QED) is 0.327. The van der Waals surface area contributed by atoms with Crippen LogP contribution in [0.5, 0.6) is 0 Å². The van der Waals surface area contributed by atoms with Crippen molar-refractivity contribution in [2.45, 2.75) is 37.4 Å². The zero-order chi connectivity index (χ0) is 21.5. The topological polar surface area (TPSA) is 84.0 Å². The fraction of sp³-hybridized carbons (Fsp3) is 0.273. The van der Waals surface area contributed by atoms with Gasteiger partial charge in [0.25, 0.3) is 0 Å². The molecule has 2 N–H and O–H groups in total. The maximum atomic E-state index is 12.5. The summed E-state index contributed by atoms with van der Waals surface area (Å²) in [6, 6.07) is 15.2. The van der Waals surface area contributed by atoms with Crippen LogP contribution in [-0.2, 0) is 4.79 Å². The first kappa shape index (κ1) is 22.0. The number of ketones is 1. The Balaban J connectivity index is 1.55. The minimum Gasteiger partial charge on any atom is -0.330 e. The second-order valence-electron chi connectivity index (χ2n) is 6.90. The van der Waals surface area contributed by atoms with Crippen LogP contribution in [0.4, 0.5) is 16.5 Å². The Hall–Kier alpha value is -2.71. The van der Waals surface area contributed by atoms with E-state index in [1.165, 1.54) is 35.6 Å². The second kappa shape index (κ2) is 10.4. The van der Waals surface area contributed by atoms with Gasteiger partial charge in [-0.15, -0.1) is 10.2 Å². The van der Waals surface area contributed by atoms with Crippen LogP contribution in [0, 0.1) is 0 Å². The van der Waals surface area contributed by atoms with Crippen molar-refractivity contribution >= 4 is 51.3 Å². The van der Waals surface area contributed by atoms with Crippen molar-refractivity contribution in [3.63, 3.8) is 0 Å². The van der Waals surface area contributed by atoms with Gasteiger partial charge in [-0.2, -0.15) is 0 Å². The summed E-state index contributed by atoms with van der Waals surface area (Å²) in [6.07, 6.45) is 1.08. The third kappa shape index (κ3) is 6.14. The molecular weight excluding hydrogens is 416 g/mol. The number of rotatable bonds is 9. The van der Waals surface area contributed by atoms with Crippen LogP contribution in [0.15, 0.2) is 52.9 Å². The Labute approximate surface area is 184 Å². The van der Waals surface area contributed by atoms with Crippen LogP contribution in [0.3, 0.4) is 0 Å². The van der Waals surface area contributed by atoms with Gasteiger partial charge in [0.2, 0.25) is 11.0 Å². The number of benzene rings is 2. The molecule has 0 aliphatic carbocycles. The van der Waals surface area contributed by atoms with Crippen LogP contribution in [0.25, 0.3) is 0 Å². The van der Waals surface area contributed by atoms with Crippen LogP contribution < -0.4 is 10.6 Å². The largest absolute Gasteiger partial charge is 0.330 e. The number of thioether (sulfide) groups is 1. The van der Waals surface area contributed by atoms with Gasteiger partial charge in [-0.25, -0.2) is 0 Å². The zero-order valence-electron chi connectivity index (χ0n) is 17.1. The zero-order valence-corrected chi connectivity index (χ0v) is 18.8. The standard InChI is InChI=1S/C22H24N4O2S2/c1-4-14(2)16-8-10-17(11-9-16)20(28)13-29-22-26-25-21(30-22)24-19-7-5-6-18(12-19)23-15(3)27/h5-12,14H,4,13H2,1-3H3,(H,23,27)(H,24,25). The number of Topliss-reactive ketones (excluding diaryl/α,β-unsaturated/α-hetero) is 1. The number of hydrogen-bond acceptors (Lipinski definition) is 7. The third-order valence-electron chi connectivity index (χ3n) is 4.58. The molecule has 6 nitrogen and oxygen atoms in total. The van der Waals surface area contributed by atoms with E-state index in [1.807, 2.05) is 48.5 Å². The van der Waals surface area contributed by atoms with Crippen molar-refractivity contribution in [3.8, 4) is 0 Å². The molecule has 1 atom stereocenters. The SMILES string of the molecule is CCC(C)c1ccc(C(=O)CSc2nnc(Nc3cccc(NC(C)=O)c3)s2)cc1. The fourth-order valence-corrected chi connectivity index (χ4v) is 4.43. The average molecular weight is 441 g/mol. The molecule has 0 radical (unpaired) electrons. The van der Waals surface area contributed by atoms with Gasteiger partial charge in [0.15, 0.2) is 10.1 Å². The molecule has 0 fully saturated rings. The summed E-state index contributed by atoms with van der Waals surface area (Å²) in [5.41, 5.74) is 3.47. The lowest BCUT2D eigenvalue weighted by Gasteiger charge is -2.09. The lowest BCUT2D eigenvalue weighted by atomic mass is 9.97. The van der Waals surface area contributed by atoms with E-state index in [2.05, 4.69) is 34.7 Å². The molecule has 0 saturated carbocycles. The Bertz CT molecular complexity index is 1020. The Kier molecular flexibility index (Phi) is 7.59. The van der Waals surface area contributed by atoms with E-state index >= 15 is 0 Å². The highest BCUT2D eigenvalue weighted by Gasteiger charge is 2.11. The third-order valence-corrected chi connectivity index (χ3v) is 6.55. The van der Waals surface area contributed by atoms with Crippen LogP contribution in [-0.4, -0.2) is 27.6 Å². The summed E-state index contributed by atoms with van der Waals surface area (Å²) < 4.78 is 0.722. The molecule has 1 heterocycles. The Morgan fingerprint density at radius 2 is 1.83 bits per heavy atom. The van der Waals surface area contributed by atoms with E-state index in [0.29, 0.717) is 28.1 Å². The van der Waals surface area contributed by atoms with Crippen molar-refractivity contribution in [3.05, 3.63) is 59.7 Å². The van der Waals surface area contributed by atoms with Crippen molar-refractivity contribution in [1.29, 1.82) is 0 Å². The number of anilines is 3. The number of carbonyl (C=O) groups is 2. The summed E-state index contributed by atoms with van der Waals surface area (Å²) in [7, 11) is 0. The summed E-state index contributed by atoms with van der Waals surface area (Å²) in [5.74, 6) is 0.758. The van der Waals surface area contributed by atoms with Gasteiger partial charge in [-0.3, -0.25) is 9.59 Å². The highest BCUT2D eigenvalue weighted by Crippen LogP contribution is 2.29. The van der Waals surface area contributed by atoms with Gasteiger partial charge in [0, 0.05) is 23.9 Å². The Morgan fingerprint density at radius 3 is 2.53 bits per heavy atom. The first-order valence-electron chi connectivity index (χ1n) is 9.68. The van der Waals surface area contributed by atoms with Crippen molar-refractivity contribution < 1.29 is 9.59 Å². The molecule has 1 amide bonds. The number of nitrogens with one attached hydrogen (secondary N) is 2. The molecule has 0 aliphatic heterocycles. The van der Waals surface area contributed by atoms with E-state index in [1.54, 1.807) is 0 Å². The summed E-state index contributed by atoms with van der Waals surface area (Å²) in [6.45, 7) is 5.81. The van der Waals surface area contributed by atoms with E-state index in [-0.39, 0.29) is 11.7 Å². The molecule has 156 valence electrons. The Morgan fingerprint density at radius 1 is 1.10 bits per heavy atom. The first-order chi connectivity index (χ1) is 14.4. The molecular formula is C22H24N4O2S2. The van der Waals surface area contributed by atoms with Crippen molar-refractivity contribution in [1.82, 2.24) is 10.2 Å². The smallest absolute Gasteiger partial charge is 0.221 e. The first-order valence-corrected chi connectivity index (χ1v) is 11.5. The van der Waals surface area contributed by atoms with Crippen LogP contribution in [0.2, 0.25) is 0 Å². The highest BCUT2D eigenvalue weighted by atomic mass is 32.2. The van der Waals surface area contributed by atoms with Gasteiger partial charge in [0.05, 0.1) is 5.75 Å². The minimum absolute atomic E-state index is 0.0726.